The van der Waals surface area contributed by atoms with Crippen molar-refractivity contribution in [1.29, 1.82) is 0 Å². The first kappa shape index (κ1) is 20.4. The number of amides is 3. The average Bonchev–Trinajstić information content (AvgIpc) is 3.40. The fourth-order valence-electron chi connectivity index (χ4n) is 3.56. The zero-order chi connectivity index (χ0) is 21.3. The molecule has 2 atom stereocenters. The maximum absolute atomic E-state index is 13.2. The molecule has 30 heavy (non-hydrogen) atoms. The summed E-state index contributed by atoms with van der Waals surface area (Å²) in [5, 5.41) is 14.3. The van der Waals surface area contributed by atoms with Crippen LogP contribution in [0.1, 0.15) is 24.4 Å². The molecule has 4 rings (SSSR count). The van der Waals surface area contributed by atoms with Gasteiger partial charge >= 0.3 is 6.09 Å². The molecule has 1 aliphatic heterocycles. The van der Waals surface area contributed by atoms with E-state index in [1.54, 1.807) is 40.9 Å². The predicted molar refractivity (Wildman–Crippen MR) is 114 cm³/mol. The molecular weight excluding hydrogens is 474 g/mol. The lowest BCUT2D eigenvalue weighted by Gasteiger charge is -2.28. The number of likely N-dealkylation sites (tertiary alicyclic amines) is 1. The topological polar surface area (TPSA) is 116 Å². The lowest BCUT2D eigenvalue weighted by Crippen LogP contribution is -2.48. The monoisotopic (exact) mass is 491 g/mol. The summed E-state index contributed by atoms with van der Waals surface area (Å²) in [6.45, 7) is 0.382. The number of thiazole rings is 1. The summed E-state index contributed by atoms with van der Waals surface area (Å²) < 4.78 is 2.72. The Morgan fingerprint density at radius 3 is 2.70 bits per heavy atom. The normalized spacial score (nSPS) is 17.1. The van der Waals surface area contributed by atoms with E-state index in [0.29, 0.717) is 30.8 Å². The minimum atomic E-state index is -1.30. The summed E-state index contributed by atoms with van der Waals surface area (Å²) >= 11 is 4.82. The van der Waals surface area contributed by atoms with Gasteiger partial charge in [0.2, 0.25) is 5.91 Å². The molecule has 0 radical (unpaired) electrons. The third-order valence-corrected chi connectivity index (χ3v) is 6.34. The van der Waals surface area contributed by atoms with Gasteiger partial charge in [-0.2, -0.15) is 0 Å². The molecule has 0 spiro atoms. The van der Waals surface area contributed by atoms with Crippen molar-refractivity contribution in [3.05, 3.63) is 52.1 Å². The van der Waals surface area contributed by atoms with E-state index in [1.165, 1.54) is 16.2 Å². The number of halogens is 1. The second-order valence-corrected chi connectivity index (χ2v) is 9.21. The molecule has 1 saturated heterocycles. The maximum atomic E-state index is 13.2. The van der Waals surface area contributed by atoms with Gasteiger partial charge in [-0.3, -0.25) is 14.0 Å². The molecule has 1 fully saturated rings. The van der Waals surface area contributed by atoms with Gasteiger partial charge in [0.15, 0.2) is 10.8 Å². The molecule has 3 aromatic rings. The van der Waals surface area contributed by atoms with Gasteiger partial charge in [-0.25, -0.2) is 9.78 Å². The van der Waals surface area contributed by atoms with Crippen LogP contribution < -0.4 is 10.6 Å². The SMILES string of the molecule is O=C(O)N[C@H](C(=O)N1CCCC1C(=O)Nc1cn2cc(Br)sc2n1)c1ccccc1. The Morgan fingerprint density at radius 1 is 1.23 bits per heavy atom. The lowest BCUT2D eigenvalue weighted by atomic mass is 10.1. The van der Waals surface area contributed by atoms with Gasteiger partial charge in [0.25, 0.3) is 5.91 Å². The van der Waals surface area contributed by atoms with E-state index in [-0.39, 0.29) is 5.91 Å². The largest absolute Gasteiger partial charge is 0.465 e. The van der Waals surface area contributed by atoms with Crippen molar-refractivity contribution in [2.24, 2.45) is 0 Å². The van der Waals surface area contributed by atoms with Crippen LogP contribution in [-0.2, 0) is 9.59 Å². The standard InChI is InChI=1S/C19H18BrN5O4S/c20-13-9-24-10-14(22-18(24)30-13)21-16(26)12-7-4-8-25(12)17(27)15(23-19(28)29)11-5-2-1-3-6-11/h1-3,5-6,9-10,12,15,23H,4,7-8H2,(H,21,26)(H,28,29)/t12?,15-/m0/s1. The van der Waals surface area contributed by atoms with Gasteiger partial charge in [-0.05, 0) is 34.3 Å². The summed E-state index contributed by atoms with van der Waals surface area (Å²) in [6.07, 6.45) is 3.40. The van der Waals surface area contributed by atoms with Crippen LogP contribution in [0.3, 0.4) is 0 Å². The van der Waals surface area contributed by atoms with Crippen LogP contribution in [0.15, 0.2) is 46.5 Å². The molecule has 156 valence electrons. The molecule has 0 saturated carbocycles. The van der Waals surface area contributed by atoms with Crippen LogP contribution >= 0.6 is 27.3 Å². The highest BCUT2D eigenvalue weighted by Gasteiger charge is 2.38. The molecule has 0 bridgehead atoms. The van der Waals surface area contributed by atoms with E-state index in [4.69, 9.17) is 0 Å². The Hall–Kier alpha value is -2.92. The van der Waals surface area contributed by atoms with Gasteiger partial charge in [-0.1, -0.05) is 41.7 Å². The highest BCUT2D eigenvalue weighted by molar-refractivity contribution is 9.11. The minimum Gasteiger partial charge on any atom is -0.465 e. The van der Waals surface area contributed by atoms with E-state index in [1.807, 2.05) is 6.20 Å². The Kier molecular flexibility index (Phi) is 5.73. The van der Waals surface area contributed by atoms with Crippen molar-refractivity contribution in [2.45, 2.75) is 24.9 Å². The molecule has 2 aromatic heterocycles. The van der Waals surface area contributed by atoms with E-state index >= 15 is 0 Å². The number of hydrogen-bond donors (Lipinski definition) is 3. The van der Waals surface area contributed by atoms with E-state index in [9.17, 15) is 19.5 Å². The highest BCUT2D eigenvalue weighted by Crippen LogP contribution is 2.27. The Balaban J connectivity index is 1.52. The van der Waals surface area contributed by atoms with Crippen molar-refractivity contribution >= 4 is 56.0 Å². The molecular formula is C19H18BrN5O4S. The lowest BCUT2D eigenvalue weighted by molar-refractivity contribution is -0.138. The molecule has 3 heterocycles. The number of nitrogens with zero attached hydrogens (tertiary/aromatic N) is 3. The van der Waals surface area contributed by atoms with E-state index < -0.39 is 24.1 Å². The van der Waals surface area contributed by atoms with Gasteiger partial charge in [0.1, 0.15) is 12.1 Å². The molecule has 11 heteroatoms. The summed E-state index contributed by atoms with van der Waals surface area (Å²) in [4.78, 5) is 43.9. The van der Waals surface area contributed by atoms with Crippen LogP contribution in [0.25, 0.3) is 4.96 Å². The average molecular weight is 492 g/mol. The van der Waals surface area contributed by atoms with Crippen molar-refractivity contribution < 1.29 is 19.5 Å². The number of anilines is 1. The van der Waals surface area contributed by atoms with E-state index in [2.05, 4.69) is 31.5 Å². The molecule has 1 unspecified atom stereocenters. The first-order valence-electron chi connectivity index (χ1n) is 9.22. The van der Waals surface area contributed by atoms with Gasteiger partial charge < -0.3 is 20.6 Å². The number of fused-ring (bicyclic) bond motifs is 1. The zero-order valence-electron chi connectivity index (χ0n) is 15.6. The molecule has 1 aliphatic rings. The number of nitrogens with one attached hydrogen (secondary N) is 2. The third kappa shape index (κ3) is 4.17. The summed E-state index contributed by atoms with van der Waals surface area (Å²) in [7, 11) is 0. The van der Waals surface area contributed by atoms with Crippen molar-refractivity contribution in [2.75, 3.05) is 11.9 Å². The Bertz CT molecular complexity index is 1070. The first-order chi connectivity index (χ1) is 14.4. The number of aromatic nitrogens is 2. The zero-order valence-corrected chi connectivity index (χ0v) is 18.0. The third-order valence-electron chi connectivity index (χ3n) is 4.87. The molecule has 1 aromatic carbocycles. The number of carboxylic acid groups (broad SMARTS) is 1. The molecule has 3 N–H and O–H groups in total. The predicted octanol–water partition coefficient (Wildman–Crippen LogP) is 3.10. The quantitative estimate of drug-likeness (QED) is 0.506. The van der Waals surface area contributed by atoms with Crippen LogP contribution in [0.2, 0.25) is 0 Å². The van der Waals surface area contributed by atoms with Crippen LogP contribution in [0.5, 0.6) is 0 Å². The van der Waals surface area contributed by atoms with Crippen LogP contribution in [0.4, 0.5) is 10.6 Å². The number of benzene rings is 1. The number of carbonyl (C=O) groups is 3. The first-order valence-corrected chi connectivity index (χ1v) is 10.8. The second kappa shape index (κ2) is 8.44. The van der Waals surface area contributed by atoms with E-state index in [0.717, 1.165) is 8.75 Å². The number of hydrogen-bond acceptors (Lipinski definition) is 5. The summed E-state index contributed by atoms with van der Waals surface area (Å²) in [5.41, 5.74) is 0.524. The van der Waals surface area contributed by atoms with Gasteiger partial charge in [0, 0.05) is 12.7 Å². The summed E-state index contributed by atoms with van der Waals surface area (Å²) in [6, 6.07) is 6.84. The minimum absolute atomic E-state index is 0.340. The number of imidazole rings is 1. The Labute approximate surface area is 183 Å². The van der Waals surface area contributed by atoms with Crippen molar-refractivity contribution in [1.82, 2.24) is 19.6 Å². The number of carbonyl (C=O) groups excluding carboxylic acids is 2. The second-order valence-electron chi connectivity index (χ2n) is 6.82. The Morgan fingerprint density at radius 2 is 2.00 bits per heavy atom. The highest BCUT2D eigenvalue weighted by atomic mass is 79.9. The molecule has 3 amide bonds. The smallest absolute Gasteiger partial charge is 0.405 e. The van der Waals surface area contributed by atoms with Gasteiger partial charge in [-0.15, -0.1) is 0 Å². The molecule has 9 nitrogen and oxygen atoms in total. The summed E-state index contributed by atoms with van der Waals surface area (Å²) in [5.74, 6) is -0.384. The fourth-order valence-corrected chi connectivity index (χ4v) is 4.91. The van der Waals surface area contributed by atoms with Gasteiger partial charge in [0.05, 0.1) is 9.98 Å². The maximum Gasteiger partial charge on any atom is 0.405 e. The fraction of sp³-hybridized carbons (Fsp3) is 0.263. The van der Waals surface area contributed by atoms with Crippen LogP contribution in [0, 0.1) is 0 Å². The van der Waals surface area contributed by atoms with Crippen molar-refractivity contribution in [3.63, 3.8) is 0 Å². The van der Waals surface area contributed by atoms with Crippen LogP contribution in [-0.4, -0.2) is 49.9 Å². The number of rotatable bonds is 5. The molecule has 0 aliphatic carbocycles. The van der Waals surface area contributed by atoms with Crippen molar-refractivity contribution in [3.8, 4) is 0 Å².